The van der Waals surface area contributed by atoms with Gasteiger partial charge < -0.3 is 20.8 Å². The van der Waals surface area contributed by atoms with Crippen LogP contribution in [0.3, 0.4) is 0 Å². The van der Waals surface area contributed by atoms with Crippen LogP contribution in [0.2, 0.25) is 0 Å². The molecule has 2 aliphatic rings. The number of nitrogens with one attached hydrogen (secondary N) is 2. The monoisotopic (exact) mass is 368 g/mol. The number of hydrogen-bond donors (Lipinski definition) is 3. The molecular formula is C19H20N4O2S. The van der Waals surface area contributed by atoms with Gasteiger partial charge in [0.05, 0.1) is 6.61 Å². The number of carbonyl (C=O) groups excluding carboxylic acids is 1. The van der Waals surface area contributed by atoms with Gasteiger partial charge in [-0.25, -0.2) is 4.98 Å². The van der Waals surface area contributed by atoms with Gasteiger partial charge in [0.15, 0.2) is 10.6 Å². The Balaban J connectivity index is 1.90. The minimum atomic E-state index is -0.260. The fourth-order valence-corrected chi connectivity index (χ4v) is 3.96. The lowest BCUT2D eigenvalue weighted by Gasteiger charge is -2.33. The molecule has 0 spiro atoms. The fourth-order valence-electron chi connectivity index (χ4n) is 3.76. The molecule has 1 unspecified atom stereocenters. The van der Waals surface area contributed by atoms with Gasteiger partial charge in [0.2, 0.25) is 0 Å². The average Bonchev–Trinajstić information content (AvgIpc) is 2.61. The molecule has 6 nitrogen and oxygen atoms in total. The molecule has 1 aromatic heterocycles. The Labute approximate surface area is 156 Å². The van der Waals surface area contributed by atoms with Crippen LogP contribution in [0.15, 0.2) is 35.5 Å². The van der Waals surface area contributed by atoms with E-state index in [-0.39, 0.29) is 11.7 Å². The zero-order valence-corrected chi connectivity index (χ0v) is 15.3. The lowest BCUT2D eigenvalue weighted by atomic mass is 9.76. The summed E-state index contributed by atoms with van der Waals surface area (Å²) in [6, 6.07) is 7.81. The summed E-state index contributed by atoms with van der Waals surface area (Å²) in [7, 11) is 0. The van der Waals surface area contributed by atoms with Crippen molar-refractivity contribution in [2.24, 2.45) is 0 Å². The number of aromatic nitrogens is 2. The Kier molecular flexibility index (Phi) is 4.24. The molecule has 1 atom stereocenters. The predicted molar refractivity (Wildman–Crippen MR) is 103 cm³/mol. The first-order chi connectivity index (χ1) is 12.6. The Hall–Kier alpha value is -2.67. The van der Waals surface area contributed by atoms with Crippen LogP contribution in [0.25, 0.3) is 0 Å². The zero-order valence-electron chi connectivity index (χ0n) is 14.5. The second-order valence-electron chi connectivity index (χ2n) is 6.45. The highest BCUT2D eigenvalue weighted by molar-refractivity contribution is 7.71. The van der Waals surface area contributed by atoms with Gasteiger partial charge in [0, 0.05) is 29.2 Å². The van der Waals surface area contributed by atoms with E-state index in [1.165, 1.54) is 0 Å². The van der Waals surface area contributed by atoms with Crippen LogP contribution in [-0.2, 0) is 4.79 Å². The van der Waals surface area contributed by atoms with Crippen LogP contribution in [0.1, 0.15) is 43.2 Å². The summed E-state index contributed by atoms with van der Waals surface area (Å²) >= 11 is 5.17. The molecule has 1 aromatic carbocycles. The maximum atomic E-state index is 12.8. The number of benzene rings is 1. The lowest BCUT2D eigenvalue weighted by Crippen LogP contribution is -2.28. The number of ketones is 1. The first kappa shape index (κ1) is 16.8. The van der Waals surface area contributed by atoms with E-state index < -0.39 is 0 Å². The number of ether oxygens (including phenoxy) is 1. The molecule has 0 bridgehead atoms. The van der Waals surface area contributed by atoms with Crippen molar-refractivity contribution in [2.75, 3.05) is 17.7 Å². The second-order valence-corrected chi connectivity index (χ2v) is 6.83. The molecule has 0 saturated heterocycles. The van der Waals surface area contributed by atoms with E-state index in [1.807, 2.05) is 31.2 Å². The average molecular weight is 368 g/mol. The summed E-state index contributed by atoms with van der Waals surface area (Å²) < 4.78 is 5.86. The SMILES string of the molecule is CCOc1ccc(C2C3=C(CCCC3=O)Nc3nc(=S)[nH]c(N)c32)cc1. The van der Waals surface area contributed by atoms with Crippen molar-refractivity contribution in [1.29, 1.82) is 0 Å². The molecule has 0 radical (unpaired) electrons. The molecule has 0 saturated carbocycles. The smallest absolute Gasteiger partial charge is 0.200 e. The van der Waals surface area contributed by atoms with Crippen LogP contribution in [0.4, 0.5) is 11.6 Å². The molecule has 2 heterocycles. The number of fused-ring (bicyclic) bond motifs is 1. The molecule has 0 amide bonds. The largest absolute Gasteiger partial charge is 0.494 e. The number of allylic oxidation sites excluding steroid dienone is 2. The van der Waals surface area contributed by atoms with E-state index in [4.69, 9.17) is 22.7 Å². The normalized spacial score (nSPS) is 18.8. The van der Waals surface area contributed by atoms with Crippen LogP contribution in [0, 0.1) is 4.77 Å². The Morgan fingerprint density at radius 1 is 1.31 bits per heavy atom. The first-order valence-corrected chi connectivity index (χ1v) is 9.15. The number of nitrogen functional groups attached to an aromatic ring is 1. The number of Topliss-reactive ketones (excluding diaryl/α,β-unsaturated/α-hetero) is 1. The van der Waals surface area contributed by atoms with Crippen molar-refractivity contribution in [2.45, 2.75) is 32.1 Å². The molecule has 4 N–H and O–H groups in total. The maximum absolute atomic E-state index is 12.8. The maximum Gasteiger partial charge on any atom is 0.200 e. The van der Waals surface area contributed by atoms with Crippen molar-refractivity contribution in [1.82, 2.24) is 9.97 Å². The summed E-state index contributed by atoms with van der Waals surface area (Å²) in [4.78, 5) is 20.1. The minimum absolute atomic E-state index is 0.158. The van der Waals surface area contributed by atoms with E-state index in [1.54, 1.807) is 0 Å². The Bertz CT molecular complexity index is 962. The highest BCUT2D eigenvalue weighted by Gasteiger charge is 2.37. The number of carbonyl (C=O) groups is 1. The van der Waals surface area contributed by atoms with Gasteiger partial charge in [-0.05, 0) is 49.7 Å². The van der Waals surface area contributed by atoms with E-state index in [0.29, 0.717) is 29.4 Å². The number of aromatic amines is 1. The van der Waals surface area contributed by atoms with E-state index in [2.05, 4.69) is 15.3 Å². The standard InChI is InChI=1S/C19H20N4O2S/c1-2-25-11-8-6-10(7-9-11)14-15-12(4-3-5-13(15)24)21-18-16(14)17(20)22-19(26)23-18/h6-9,14H,2-5H2,1H3,(H4,20,21,22,23,26). The molecule has 1 aliphatic carbocycles. The minimum Gasteiger partial charge on any atom is -0.494 e. The van der Waals surface area contributed by atoms with E-state index in [9.17, 15) is 4.79 Å². The van der Waals surface area contributed by atoms with Gasteiger partial charge in [0.1, 0.15) is 17.4 Å². The summed E-state index contributed by atoms with van der Waals surface area (Å²) in [6.07, 6.45) is 2.21. The molecule has 26 heavy (non-hydrogen) atoms. The summed E-state index contributed by atoms with van der Waals surface area (Å²) in [6.45, 7) is 2.56. The van der Waals surface area contributed by atoms with Crippen molar-refractivity contribution >= 4 is 29.6 Å². The zero-order chi connectivity index (χ0) is 18.3. The van der Waals surface area contributed by atoms with Crippen molar-refractivity contribution < 1.29 is 9.53 Å². The van der Waals surface area contributed by atoms with Crippen molar-refractivity contribution in [3.05, 3.63) is 51.4 Å². The van der Waals surface area contributed by atoms with Gasteiger partial charge in [-0.15, -0.1) is 0 Å². The van der Waals surface area contributed by atoms with Crippen molar-refractivity contribution in [3.8, 4) is 5.75 Å². The van der Waals surface area contributed by atoms with Gasteiger partial charge in [-0.1, -0.05) is 12.1 Å². The van der Waals surface area contributed by atoms with Crippen LogP contribution in [-0.4, -0.2) is 22.4 Å². The first-order valence-electron chi connectivity index (χ1n) is 8.74. The third-order valence-electron chi connectivity index (χ3n) is 4.83. The highest BCUT2D eigenvalue weighted by Crippen LogP contribution is 2.46. The molecule has 0 fully saturated rings. The summed E-state index contributed by atoms with van der Waals surface area (Å²) in [5.41, 5.74) is 9.73. The Morgan fingerprint density at radius 3 is 2.81 bits per heavy atom. The van der Waals surface area contributed by atoms with Gasteiger partial charge in [0.25, 0.3) is 0 Å². The quantitative estimate of drug-likeness (QED) is 0.716. The molecular weight excluding hydrogens is 348 g/mol. The van der Waals surface area contributed by atoms with E-state index in [0.717, 1.165) is 41.0 Å². The molecule has 1 aliphatic heterocycles. The van der Waals surface area contributed by atoms with Gasteiger partial charge >= 0.3 is 0 Å². The molecule has 2 aromatic rings. The molecule has 7 heteroatoms. The lowest BCUT2D eigenvalue weighted by molar-refractivity contribution is -0.116. The number of nitrogens with two attached hydrogens (primary N) is 1. The Morgan fingerprint density at radius 2 is 2.08 bits per heavy atom. The van der Waals surface area contributed by atoms with Crippen LogP contribution >= 0.6 is 12.2 Å². The number of nitrogens with zero attached hydrogens (tertiary/aromatic N) is 1. The second kappa shape index (κ2) is 6.57. The van der Waals surface area contributed by atoms with Gasteiger partial charge in [-0.3, -0.25) is 4.79 Å². The van der Waals surface area contributed by atoms with Crippen LogP contribution in [0.5, 0.6) is 5.75 Å². The highest BCUT2D eigenvalue weighted by atomic mass is 32.1. The van der Waals surface area contributed by atoms with Crippen LogP contribution < -0.4 is 15.8 Å². The summed E-state index contributed by atoms with van der Waals surface area (Å²) in [5.74, 6) is 1.78. The molecule has 134 valence electrons. The third kappa shape index (κ3) is 2.78. The number of anilines is 2. The van der Waals surface area contributed by atoms with Crippen molar-refractivity contribution in [3.63, 3.8) is 0 Å². The number of H-pyrrole nitrogens is 1. The van der Waals surface area contributed by atoms with Gasteiger partial charge in [-0.2, -0.15) is 0 Å². The molecule has 4 rings (SSSR count). The number of rotatable bonds is 3. The topological polar surface area (TPSA) is 93.0 Å². The number of hydrogen-bond acceptors (Lipinski definition) is 6. The fraction of sp³-hybridized carbons (Fsp3) is 0.316. The predicted octanol–water partition coefficient (Wildman–Crippen LogP) is 3.68. The van der Waals surface area contributed by atoms with E-state index >= 15 is 0 Å². The summed E-state index contributed by atoms with van der Waals surface area (Å²) in [5, 5.41) is 3.30. The third-order valence-corrected chi connectivity index (χ3v) is 5.02.